The van der Waals surface area contributed by atoms with E-state index in [-0.39, 0.29) is 0 Å². The molecule has 0 bridgehead atoms. The molecule has 0 atom stereocenters. The highest BCUT2D eigenvalue weighted by Gasteiger charge is 2.02. The summed E-state index contributed by atoms with van der Waals surface area (Å²) in [5.41, 5.74) is 9.16. The monoisotopic (exact) mass is 229 g/mol. The van der Waals surface area contributed by atoms with Crippen LogP contribution in [0.25, 0.3) is 11.1 Å². The van der Waals surface area contributed by atoms with E-state index in [1.807, 2.05) is 23.0 Å². The van der Waals surface area contributed by atoms with Crippen LogP contribution in [0.1, 0.15) is 25.3 Å². The summed E-state index contributed by atoms with van der Waals surface area (Å²) in [6.45, 7) is 3.76. The highest BCUT2D eigenvalue weighted by Crippen LogP contribution is 2.19. The van der Waals surface area contributed by atoms with E-state index in [0.717, 1.165) is 17.7 Å². The fourth-order valence-electron chi connectivity index (χ4n) is 1.83. The molecule has 1 aromatic heterocycles. The van der Waals surface area contributed by atoms with Gasteiger partial charge >= 0.3 is 0 Å². The van der Waals surface area contributed by atoms with Crippen molar-refractivity contribution in [2.45, 2.75) is 32.9 Å². The largest absolute Gasteiger partial charge is 0.326 e. The van der Waals surface area contributed by atoms with E-state index < -0.39 is 0 Å². The minimum Gasteiger partial charge on any atom is -0.326 e. The van der Waals surface area contributed by atoms with Gasteiger partial charge in [-0.1, -0.05) is 31.5 Å². The molecule has 0 aliphatic rings. The number of hydrogen-bond donors (Lipinski definition) is 1. The van der Waals surface area contributed by atoms with Crippen LogP contribution < -0.4 is 5.73 Å². The van der Waals surface area contributed by atoms with E-state index in [0.29, 0.717) is 6.54 Å². The van der Waals surface area contributed by atoms with Gasteiger partial charge < -0.3 is 5.73 Å². The molecule has 1 heterocycles. The van der Waals surface area contributed by atoms with Gasteiger partial charge in [-0.3, -0.25) is 4.68 Å². The van der Waals surface area contributed by atoms with E-state index in [9.17, 15) is 0 Å². The maximum Gasteiger partial charge on any atom is 0.0568 e. The highest BCUT2D eigenvalue weighted by molar-refractivity contribution is 5.62. The molecule has 2 N–H and O–H groups in total. The Balaban J connectivity index is 2.18. The van der Waals surface area contributed by atoms with Gasteiger partial charge in [-0.25, -0.2) is 0 Å². The topological polar surface area (TPSA) is 43.8 Å². The minimum absolute atomic E-state index is 0.581. The molecule has 17 heavy (non-hydrogen) atoms. The maximum atomic E-state index is 5.65. The number of benzene rings is 1. The van der Waals surface area contributed by atoms with Crippen LogP contribution >= 0.6 is 0 Å². The van der Waals surface area contributed by atoms with Crippen molar-refractivity contribution in [3.05, 3.63) is 42.2 Å². The number of hydrogen-bond acceptors (Lipinski definition) is 2. The Morgan fingerprint density at radius 1 is 1.29 bits per heavy atom. The molecule has 0 aliphatic carbocycles. The summed E-state index contributed by atoms with van der Waals surface area (Å²) < 4.78 is 2.01. The Kier molecular flexibility index (Phi) is 3.94. The Labute approximate surface area is 102 Å². The summed E-state index contributed by atoms with van der Waals surface area (Å²) in [6.07, 6.45) is 6.39. The molecule has 2 rings (SSSR count). The molecule has 3 nitrogen and oxygen atoms in total. The lowest BCUT2D eigenvalue weighted by Gasteiger charge is -2.01. The Morgan fingerprint density at radius 3 is 2.94 bits per heavy atom. The fourth-order valence-corrected chi connectivity index (χ4v) is 1.83. The zero-order valence-electron chi connectivity index (χ0n) is 10.3. The third-order valence-corrected chi connectivity index (χ3v) is 2.87. The van der Waals surface area contributed by atoms with E-state index in [1.54, 1.807) is 0 Å². The van der Waals surface area contributed by atoms with Crippen molar-refractivity contribution in [2.75, 3.05) is 0 Å². The number of nitrogens with zero attached hydrogens (tertiary/aromatic N) is 2. The summed E-state index contributed by atoms with van der Waals surface area (Å²) in [5.74, 6) is 0. The molecule has 0 unspecified atom stereocenters. The first-order chi connectivity index (χ1) is 8.33. The smallest absolute Gasteiger partial charge is 0.0568 e. The summed E-state index contributed by atoms with van der Waals surface area (Å²) in [4.78, 5) is 0. The maximum absolute atomic E-state index is 5.65. The van der Waals surface area contributed by atoms with Crippen molar-refractivity contribution in [3.8, 4) is 11.1 Å². The summed E-state index contributed by atoms with van der Waals surface area (Å²) in [5, 5.41) is 4.37. The minimum atomic E-state index is 0.581. The van der Waals surface area contributed by atoms with Gasteiger partial charge in [-0.05, 0) is 23.6 Å². The molecule has 90 valence electrons. The molecular formula is C14H19N3. The van der Waals surface area contributed by atoms with Crippen LogP contribution in [-0.2, 0) is 13.1 Å². The van der Waals surface area contributed by atoms with E-state index in [1.165, 1.54) is 18.4 Å². The van der Waals surface area contributed by atoms with Gasteiger partial charge in [0.2, 0.25) is 0 Å². The number of unbranched alkanes of at least 4 members (excludes halogenated alkanes) is 1. The first-order valence-corrected chi connectivity index (χ1v) is 6.15. The van der Waals surface area contributed by atoms with Crippen molar-refractivity contribution in [3.63, 3.8) is 0 Å². The zero-order chi connectivity index (χ0) is 12.1. The van der Waals surface area contributed by atoms with E-state index in [2.05, 4.69) is 30.4 Å². The highest BCUT2D eigenvalue weighted by atomic mass is 15.3. The van der Waals surface area contributed by atoms with Crippen LogP contribution in [0.5, 0.6) is 0 Å². The zero-order valence-corrected chi connectivity index (χ0v) is 10.3. The van der Waals surface area contributed by atoms with Gasteiger partial charge in [-0.2, -0.15) is 5.10 Å². The normalized spacial score (nSPS) is 10.7. The molecule has 3 heteroatoms. The Bertz CT molecular complexity index is 474. The first kappa shape index (κ1) is 11.9. The number of aromatic nitrogens is 2. The predicted octanol–water partition coefficient (Wildman–Crippen LogP) is 2.81. The van der Waals surface area contributed by atoms with Crippen LogP contribution in [0, 0.1) is 0 Å². The fraction of sp³-hybridized carbons (Fsp3) is 0.357. The molecule has 0 spiro atoms. The molecule has 0 amide bonds. The quantitative estimate of drug-likeness (QED) is 0.856. The van der Waals surface area contributed by atoms with Crippen LogP contribution in [0.3, 0.4) is 0 Å². The van der Waals surface area contributed by atoms with Gasteiger partial charge in [0.1, 0.15) is 0 Å². The predicted molar refractivity (Wildman–Crippen MR) is 70.5 cm³/mol. The van der Waals surface area contributed by atoms with Crippen LogP contribution in [0.2, 0.25) is 0 Å². The van der Waals surface area contributed by atoms with Gasteiger partial charge in [0.15, 0.2) is 0 Å². The van der Waals surface area contributed by atoms with Crippen molar-refractivity contribution in [1.82, 2.24) is 9.78 Å². The number of rotatable bonds is 5. The second kappa shape index (κ2) is 5.64. The second-order valence-electron chi connectivity index (χ2n) is 4.25. The van der Waals surface area contributed by atoms with Gasteiger partial charge in [0.25, 0.3) is 0 Å². The number of nitrogens with two attached hydrogens (primary N) is 1. The summed E-state index contributed by atoms with van der Waals surface area (Å²) in [6, 6.07) is 8.31. The van der Waals surface area contributed by atoms with Crippen molar-refractivity contribution < 1.29 is 0 Å². The van der Waals surface area contributed by atoms with Gasteiger partial charge in [0, 0.05) is 24.8 Å². The lowest BCUT2D eigenvalue weighted by atomic mass is 10.1. The standard InChI is InChI=1S/C14H19N3/c1-2-3-7-17-11-14(10-16-17)13-6-4-5-12(8-13)9-15/h4-6,8,10-11H,2-3,7,9,15H2,1H3. The molecule has 0 radical (unpaired) electrons. The lowest BCUT2D eigenvalue weighted by Crippen LogP contribution is -1.97. The van der Waals surface area contributed by atoms with Crippen molar-refractivity contribution >= 4 is 0 Å². The first-order valence-electron chi connectivity index (χ1n) is 6.15. The van der Waals surface area contributed by atoms with E-state index >= 15 is 0 Å². The molecular weight excluding hydrogens is 210 g/mol. The molecule has 0 aliphatic heterocycles. The average molecular weight is 229 g/mol. The van der Waals surface area contributed by atoms with Crippen LogP contribution in [0.4, 0.5) is 0 Å². The van der Waals surface area contributed by atoms with E-state index in [4.69, 9.17) is 5.73 Å². The number of aryl methyl sites for hydroxylation is 1. The second-order valence-corrected chi connectivity index (χ2v) is 4.25. The molecule has 0 fully saturated rings. The third kappa shape index (κ3) is 2.94. The van der Waals surface area contributed by atoms with Crippen LogP contribution in [0.15, 0.2) is 36.7 Å². The lowest BCUT2D eigenvalue weighted by molar-refractivity contribution is 0.572. The van der Waals surface area contributed by atoms with Gasteiger partial charge in [0.05, 0.1) is 6.20 Å². The molecule has 2 aromatic rings. The molecule has 0 saturated carbocycles. The average Bonchev–Trinajstić information content (AvgIpc) is 2.85. The SMILES string of the molecule is CCCCn1cc(-c2cccc(CN)c2)cn1. The Hall–Kier alpha value is -1.61. The summed E-state index contributed by atoms with van der Waals surface area (Å²) >= 11 is 0. The van der Waals surface area contributed by atoms with Crippen molar-refractivity contribution in [1.29, 1.82) is 0 Å². The van der Waals surface area contributed by atoms with Crippen molar-refractivity contribution in [2.24, 2.45) is 5.73 Å². The molecule has 0 saturated heterocycles. The van der Waals surface area contributed by atoms with Crippen LogP contribution in [-0.4, -0.2) is 9.78 Å². The third-order valence-electron chi connectivity index (χ3n) is 2.87. The summed E-state index contributed by atoms with van der Waals surface area (Å²) in [7, 11) is 0. The van der Waals surface area contributed by atoms with Gasteiger partial charge in [-0.15, -0.1) is 0 Å². The molecule has 1 aromatic carbocycles. The Morgan fingerprint density at radius 2 is 2.18 bits per heavy atom.